The molecule has 4 heteroatoms. The van der Waals surface area contributed by atoms with E-state index in [-0.39, 0.29) is 0 Å². The Morgan fingerprint density at radius 1 is 0.667 bits per heavy atom. The van der Waals surface area contributed by atoms with E-state index in [2.05, 4.69) is 12.1 Å². The zero-order chi connectivity index (χ0) is 21.3. The third kappa shape index (κ3) is 4.58. The van der Waals surface area contributed by atoms with Crippen LogP contribution in [0.3, 0.4) is 0 Å². The monoisotopic (exact) mass is 392 g/mol. The molecule has 4 nitrogen and oxygen atoms in total. The number of hydrogen-bond donors (Lipinski definition) is 0. The van der Waals surface area contributed by atoms with E-state index in [4.69, 9.17) is 9.47 Å². The van der Waals surface area contributed by atoms with Gasteiger partial charge in [-0.15, -0.1) is 0 Å². The molecule has 0 saturated heterocycles. The lowest BCUT2D eigenvalue weighted by molar-refractivity contribution is 0.401. The van der Waals surface area contributed by atoms with Crippen molar-refractivity contribution in [3.63, 3.8) is 0 Å². The Hall–Kier alpha value is -4.28. The van der Waals surface area contributed by atoms with E-state index in [9.17, 15) is 10.5 Å². The molecule has 0 spiro atoms. The quantitative estimate of drug-likeness (QED) is 0.391. The average molecular weight is 392 g/mol. The predicted octanol–water partition coefficient (Wildman–Crippen LogP) is 5.83. The van der Waals surface area contributed by atoms with Gasteiger partial charge in [0.25, 0.3) is 0 Å². The fraction of sp³-hybridized carbons (Fsp3) is 0.0769. The van der Waals surface area contributed by atoms with Gasteiger partial charge in [-0.25, -0.2) is 0 Å². The van der Waals surface area contributed by atoms with Gasteiger partial charge in [-0.1, -0.05) is 60.7 Å². The van der Waals surface area contributed by atoms with Crippen molar-refractivity contribution in [3.8, 4) is 23.6 Å². The van der Waals surface area contributed by atoms with Gasteiger partial charge >= 0.3 is 0 Å². The maximum Gasteiger partial charge on any atom is 0.126 e. The summed E-state index contributed by atoms with van der Waals surface area (Å²) in [5, 5.41) is 19.3. The summed E-state index contributed by atoms with van der Waals surface area (Å²) in [5.74, 6) is 1.16. The Kier molecular flexibility index (Phi) is 6.66. The SMILES string of the molecule is COc1cc(C=C(C#N)c2ccccc2)c(OC)cc1C=C(C#N)c1ccccc1. The molecule has 0 aliphatic rings. The van der Waals surface area contributed by atoms with Gasteiger partial charge in [-0.2, -0.15) is 10.5 Å². The molecule has 0 radical (unpaired) electrons. The van der Waals surface area contributed by atoms with Gasteiger partial charge in [0.2, 0.25) is 0 Å². The molecule has 0 atom stereocenters. The fourth-order valence-electron chi connectivity index (χ4n) is 3.08. The van der Waals surface area contributed by atoms with Crippen LogP contribution in [0.15, 0.2) is 72.8 Å². The van der Waals surface area contributed by atoms with Crippen LogP contribution in [0.4, 0.5) is 0 Å². The summed E-state index contributed by atoms with van der Waals surface area (Å²) in [6.07, 6.45) is 3.54. The first-order chi connectivity index (χ1) is 14.7. The Labute approximate surface area is 176 Å². The molecule has 30 heavy (non-hydrogen) atoms. The number of nitrogens with zero attached hydrogens (tertiary/aromatic N) is 2. The maximum absolute atomic E-state index is 9.63. The van der Waals surface area contributed by atoms with Crippen molar-refractivity contribution < 1.29 is 9.47 Å². The lowest BCUT2D eigenvalue weighted by Gasteiger charge is -2.12. The summed E-state index contributed by atoms with van der Waals surface area (Å²) >= 11 is 0. The Morgan fingerprint density at radius 2 is 1.03 bits per heavy atom. The summed E-state index contributed by atoms with van der Waals surface area (Å²) in [7, 11) is 3.15. The molecule has 0 aliphatic heterocycles. The van der Waals surface area contributed by atoms with Gasteiger partial charge in [0.05, 0.1) is 37.5 Å². The summed E-state index contributed by atoms with van der Waals surface area (Å²) in [5.41, 5.74) is 4.10. The van der Waals surface area contributed by atoms with Crippen LogP contribution < -0.4 is 9.47 Å². The zero-order valence-electron chi connectivity index (χ0n) is 16.8. The van der Waals surface area contributed by atoms with Crippen molar-refractivity contribution in [1.82, 2.24) is 0 Å². The van der Waals surface area contributed by atoms with Gasteiger partial charge in [0.1, 0.15) is 11.5 Å². The fourth-order valence-corrected chi connectivity index (χ4v) is 3.08. The predicted molar refractivity (Wildman–Crippen MR) is 119 cm³/mol. The van der Waals surface area contributed by atoms with Crippen LogP contribution in [-0.4, -0.2) is 14.2 Å². The number of rotatable bonds is 6. The topological polar surface area (TPSA) is 66.0 Å². The maximum atomic E-state index is 9.63. The minimum Gasteiger partial charge on any atom is -0.496 e. The molecule has 0 saturated carbocycles. The molecular weight excluding hydrogens is 372 g/mol. The smallest absolute Gasteiger partial charge is 0.126 e. The largest absolute Gasteiger partial charge is 0.496 e. The van der Waals surface area contributed by atoms with E-state index >= 15 is 0 Å². The number of ether oxygens (including phenoxy) is 2. The first kappa shape index (κ1) is 20.5. The molecule has 3 rings (SSSR count). The van der Waals surface area contributed by atoms with Gasteiger partial charge in [0, 0.05) is 11.1 Å². The second-order valence-corrected chi connectivity index (χ2v) is 6.41. The highest BCUT2D eigenvalue weighted by Crippen LogP contribution is 2.34. The molecule has 0 fully saturated rings. The number of methoxy groups -OCH3 is 2. The van der Waals surface area contributed by atoms with Gasteiger partial charge in [-0.3, -0.25) is 0 Å². The van der Waals surface area contributed by atoms with Crippen molar-refractivity contribution in [2.45, 2.75) is 0 Å². The summed E-state index contributed by atoms with van der Waals surface area (Å²) in [6, 6.07) is 27.0. The highest BCUT2D eigenvalue weighted by molar-refractivity contribution is 5.93. The molecular formula is C26H20N2O2. The third-order valence-electron chi connectivity index (χ3n) is 4.59. The molecule has 3 aromatic rings. The second-order valence-electron chi connectivity index (χ2n) is 6.41. The summed E-state index contributed by atoms with van der Waals surface area (Å²) < 4.78 is 11.1. The molecule has 0 heterocycles. The van der Waals surface area contributed by atoms with Crippen molar-refractivity contribution in [1.29, 1.82) is 10.5 Å². The van der Waals surface area contributed by atoms with Crippen molar-refractivity contribution in [3.05, 3.63) is 95.1 Å². The standard InChI is InChI=1S/C26H20N2O2/c1-29-25-15-22(14-24(18-28)20-11-7-4-8-12-20)26(30-2)16-21(25)13-23(17-27)19-9-5-3-6-10-19/h3-16H,1-2H3. The van der Waals surface area contributed by atoms with Crippen molar-refractivity contribution >= 4 is 23.3 Å². The molecule has 0 aliphatic carbocycles. The average Bonchev–Trinajstić information content (AvgIpc) is 2.82. The van der Waals surface area contributed by atoms with E-state index in [0.717, 1.165) is 11.1 Å². The number of allylic oxidation sites excluding steroid dienone is 2. The zero-order valence-corrected chi connectivity index (χ0v) is 16.8. The second kappa shape index (κ2) is 9.78. The Balaban J connectivity index is 2.12. The van der Waals surface area contributed by atoms with E-state index in [1.165, 1.54) is 0 Å². The van der Waals surface area contributed by atoms with E-state index < -0.39 is 0 Å². The van der Waals surface area contributed by atoms with Crippen LogP contribution in [0.2, 0.25) is 0 Å². The van der Waals surface area contributed by atoms with E-state index in [1.807, 2.05) is 72.8 Å². The first-order valence-electron chi connectivity index (χ1n) is 9.30. The van der Waals surface area contributed by atoms with Crippen LogP contribution in [0.25, 0.3) is 23.3 Å². The normalized spacial score (nSPS) is 11.3. The lowest BCUT2D eigenvalue weighted by atomic mass is 9.99. The summed E-state index contributed by atoms with van der Waals surface area (Å²) in [4.78, 5) is 0. The molecule has 0 aromatic heterocycles. The molecule has 0 unspecified atom stereocenters. The number of hydrogen-bond acceptors (Lipinski definition) is 4. The molecule has 0 N–H and O–H groups in total. The van der Waals surface area contributed by atoms with Crippen molar-refractivity contribution in [2.24, 2.45) is 0 Å². The van der Waals surface area contributed by atoms with Crippen LogP contribution in [0.5, 0.6) is 11.5 Å². The van der Waals surface area contributed by atoms with Gasteiger partial charge in [0.15, 0.2) is 0 Å². The van der Waals surface area contributed by atoms with Crippen molar-refractivity contribution in [2.75, 3.05) is 14.2 Å². The van der Waals surface area contributed by atoms with E-state index in [0.29, 0.717) is 33.8 Å². The van der Waals surface area contributed by atoms with Crippen LogP contribution in [0.1, 0.15) is 22.3 Å². The van der Waals surface area contributed by atoms with Gasteiger partial charge in [-0.05, 0) is 35.4 Å². The molecule has 0 amide bonds. The highest BCUT2D eigenvalue weighted by atomic mass is 16.5. The molecule has 3 aromatic carbocycles. The first-order valence-corrected chi connectivity index (χ1v) is 9.30. The molecule has 0 bridgehead atoms. The minimum absolute atomic E-state index is 0.515. The van der Waals surface area contributed by atoms with Crippen LogP contribution in [-0.2, 0) is 0 Å². The lowest BCUT2D eigenvalue weighted by Crippen LogP contribution is -1.94. The van der Waals surface area contributed by atoms with Crippen LogP contribution >= 0.6 is 0 Å². The number of benzene rings is 3. The van der Waals surface area contributed by atoms with Crippen LogP contribution in [0, 0.1) is 22.7 Å². The van der Waals surface area contributed by atoms with E-state index in [1.54, 1.807) is 26.4 Å². The van der Waals surface area contributed by atoms with Gasteiger partial charge < -0.3 is 9.47 Å². The Morgan fingerprint density at radius 3 is 1.33 bits per heavy atom. The molecule has 146 valence electrons. The highest BCUT2D eigenvalue weighted by Gasteiger charge is 2.12. The number of nitriles is 2. The summed E-state index contributed by atoms with van der Waals surface area (Å²) in [6.45, 7) is 0. The Bertz CT molecular complexity index is 1070. The minimum atomic E-state index is 0.515. The third-order valence-corrected chi connectivity index (χ3v) is 4.59.